The van der Waals surface area contributed by atoms with Crippen LogP contribution in [-0.4, -0.2) is 10.9 Å². The van der Waals surface area contributed by atoms with Gasteiger partial charge in [-0.1, -0.05) is 19.4 Å². The van der Waals surface area contributed by atoms with E-state index >= 15 is 0 Å². The quantitative estimate of drug-likeness (QED) is 0.916. The molecule has 100 valence electrons. The Kier molecular flexibility index (Phi) is 4.32. The van der Waals surface area contributed by atoms with Crippen molar-refractivity contribution in [3.63, 3.8) is 0 Å². The van der Waals surface area contributed by atoms with E-state index < -0.39 is 0 Å². The molecule has 2 aromatic rings. The van der Waals surface area contributed by atoms with Crippen molar-refractivity contribution in [3.8, 4) is 0 Å². The Morgan fingerprint density at radius 3 is 2.84 bits per heavy atom. The summed E-state index contributed by atoms with van der Waals surface area (Å²) in [6, 6.07) is 7.59. The van der Waals surface area contributed by atoms with Crippen LogP contribution in [0.4, 0.5) is 5.82 Å². The van der Waals surface area contributed by atoms with Crippen molar-refractivity contribution < 1.29 is 4.79 Å². The molecular formula is C15H18N2OS. The van der Waals surface area contributed by atoms with Gasteiger partial charge in [-0.2, -0.15) is 0 Å². The van der Waals surface area contributed by atoms with Crippen LogP contribution in [0.15, 0.2) is 24.3 Å². The molecule has 0 saturated carbocycles. The number of nitrogens with zero attached hydrogens (tertiary/aromatic N) is 1. The second kappa shape index (κ2) is 5.97. The molecule has 0 aliphatic carbocycles. The van der Waals surface area contributed by atoms with Gasteiger partial charge < -0.3 is 5.32 Å². The summed E-state index contributed by atoms with van der Waals surface area (Å²) in [5.41, 5.74) is 2.17. The maximum atomic E-state index is 12.2. The zero-order chi connectivity index (χ0) is 13.8. The number of carbonyl (C=O) groups is 1. The van der Waals surface area contributed by atoms with Crippen molar-refractivity contribution in [2.75, 3.05) is 5.32 Å². The summed E-state index contributed by atoms with van der Waals surface area (Å²) in [7, 11) is 0. The number of anilines is 1. The topological polar surface area (TPSA) is 42.0 Å². The number of nitrogens with one attached hydrogen (secondary N) is 1. The zero-order valence-corrected chi connectivity index (χ0v) is 12.3. The molecule has 1 amide bonds. The van der Waals surface area contributed by atoms with Gasteiger partial charge in [0.2, 0.25) is 0 Å². The van der Waals surface area contributed by atoms with Crippen molar-refractivity contribution in [1.82, 2.24) is 4.98 Å². The lowest BCUT2D eigenvalue weighted by Crippen LogP contribution is -2.11. The van der Waals surface area contributed by atoms with Crippen LogP contribution >= 0.6 is 11.3 Å². The van der Waals surface area contributed by atoms with Crippen LogP contribution < -0.4 is 5.32 Å². The Morgan fingerprint density at radius 2 is 2.16 bits per heavy atom. The Labute approximate surface area is 117 Å². The number of hydrogen-bond acceptors (Lipinski definition) is 3. The van der Waals surface area contributed by atoms with E-state index in [1.807, 2.05) is 25.1 Å². The van der Waals surface area contributed by atoms with Gasteiger partial charge in [0.05, 0.1) is 4.88 Å². The van der Waals surface area contributed by atoms with Gasteiger partial charge in [-0.25, -0.2) is 4.98 Å². The van der Waals surface area contributed by atoms with Gasteiger partial charge in [-0.05, 0) is 44.0 Å². The number of thiophene rings is 1. The largest absolute Gasteiger partial charge is 0.306 e. The maximum absolute atomic E-state index is 12.2. The highest BCUT2D eigenvalue weighted by molar-refractivity contribution is 7.14. The first-order valence-electron chi connectivity index (χ1n) is 6.44. The van der Waals surface area contributed by atoms with Gasteiger partial charge in [-0.15, -0.1) is 11.3 Å². The lowest BCUT2D eigenvalue weighted by molar-refractivity contribution is 0.103. The summed E-state index contributed by atoms with van der Waals surface area (Å²) in [4.78, 5) is 18.4. The van der Waals surface area contributed by atoms with E-state index in [2.05, 4.69) is 24.1 Å². The highest BCUT2D eigenvalue weighted by atomic mass is 32.1. The molecule has 0 atom stereocenters. The number of aryl methyl sites for hydroxylation is 3. The van der Waals surface area contributed by atoms with Crippen molar-refractivity contribution in [1.29, 1.82) is 0 Å². The lowest BCUT2D eigenvalue weighted by atomic mass is 10.1. The summed E-state index contributed by atoms with van der Waals surface area (Å²) >= 11 is 1.55. The van der Waals surface area contributed by atoms with Crippen molar-refractivity contribution >= 4 is 23.1 Å². The molecule has 0 saturated heterocycles. The molecule has 0 aliphatic rings. The SMILES string of the molecule is CCCc1cc(C(=O)Nc2cccc(C)n2)sc1C. The van der Waals surface area contributed by atoms with Crippen LogP contribution in [0.3, 0.4) is 0 Å². The molecule has 2 rings (SSSR count). The Hall–Kier alpha value is -1.68. The molecule has 4 heteroatoms. The molecule has 0 radical (unpaired) electrons. The van der Waals surface area contributed by atoms with E-state index in [1.165, 1.54) is 10.4 Å². The van der Waals surface area contributed by atoms with Crippen LogP contribution in [0, 0.1) is 13.8 Å². The number of hydrogen-bond donors (Lipinski definition) is 1. The Morgan fingerprint density at radius 1 is 1.37 bits per heavy atom. The molecule has 0 bridgehead atoms. The van der Waals surface area contributed by atoms with E-state index in [9.17, 15) is 4.79 Å². The van der Waals surface area contributed by atoms with Gasteiger partial charge in [0, 0.05) is 10.6 Å². The molecule has 1 N–H and O–H groups in total. The van der Waals surface area contributed by atoms with Crippen LogP contribution in [0.25, 0.3) is 0 Å². The molecule has 3 nitrogen and oxygen atoms in total. The molecule has 0 aromatic carbocycles. The van der Waals surface area contributed by atoms with Crippen molar-refractivity contribution in [2.45, 2.75) is 33.6 Å². The highest BCUT2D eigenvalue weighted by Crippen LogP contribution is 2.23. The molecule has 0 unspecified atom stereocenters. The van der Waals surface area contributed by atoms with Crippen LogP contribution in [0.5, 0.6) is 0 Å². The summed E-state index contributed by atoms with van der Waals surface area (Å²) < 4.78 is 0. The third kappa shape index (κ3) is 3.41. The third-order valence-corrected chi connectivity index (χ3v) is 3.99. The highest BCUT2D eigenvalue weighted by Gasteiger charge is 2.12. The van der Waals surface area contributed by atoms with Gasteiger partial charge in [-0.3, -0.25) is 4.79 Å². The van der Waals surface area contributed by atoms with E-state index in [-0.39, 0.29) is 5.91 Å². The maximum Gasteiger partial charge on any atom is 0.266 e. The first-order valence-corrected chi connectivity index (χ1v) is 7.26. The number of pyridine rings is 1. The average Bonchev–Trinajstić information content (AvgIpc) is 2.72. The second-order valence-electron chi connectivity index (χ2n) is 4.56. The van der Waals surface area contributed by atoms with E-state index in [0.717, 1.165) is 23.4 Å². The minimum Gasteiger partial charge on any atom is -0.306 e. The fourth-order valence-electron chi connectivity index (χ4n) is 1.94. The standard InChI is InChI=1S/C15H18N2OS/c1-4-6-12-9-13(19-11(12)3)15(18)17-14-8-5-7-10(2)16-14/h5,7-9H,4,6H2,1-3H3,(H,16,17,18). The molecule has 2 heterocycles. The van der Waals surface area contributed by atoms with Gasteiger partial charge >= 0.3 is 0 Å². The van der Waals surface area contributed by atoms with Crippen LogP contribution in [0.1, 0.15) is 39.2 Å². The van der Waals surface area contributed by atoms with E-state index in [0.29, 0.717) is 5.82 Å². The summed E-state index contributed by atoms with van der Waals surface area (Å²) in [6.45, 7) is 6.12. The number of carbonyl (C=O) groups excluding carboxylic acids is 1. The average molecular weight is 274 g/mol. The molecule has 0 aliphatic heterocycles. The molecule has 0 fully saturated rings. The second-order valence-corrected chi connectivity index (χ2v) is 5.82. The molecular weight excluding hydrogens is 256 g/mol. The molecule has 19 heavy (non-hydrogen) atoms. The predicted molar refractivity (Wildman–Crippen MR) is 80.0 cm³/mol. The van der Waals surface area contributed by atoms with Crippen LogP contribution in [0.2, 0.25) is 0 Å². The Bertz CT molecular complexity index is 590. The van der Waals surface area contributed by atoms with Crippen molar-refractivity contribution in [2.24, 2.45) is 0 Å². The fourth-order valence-corrected chi connectivity index (χ4v) is 2.91. The summed E-state index contributed by atoms with van der Waals surface area (Å²) in [5.74, 6) is 0.529. The normalized spacial score (nSPS) is 10.5. The fraction of sp³-hybridized carbons (Fsp3) is 0.333. The lowest BCUT2D eigenvalue weighted by Gasteiger charge is -2.02. The van der Waals surface area contributed by atoms with E-state index in [1.54, 1.807) is 17.4 Å². The summed E-state index contributed by atoms with van der Waals surface area (Å²) in [6.07, 6.45) is 2.12. The number of amides is 1. The van der Waals surface area contributed by atoms with Gasteiger partial charge in [0.25, 0.3) is 5.91 Å². The first kappa shape index (κ1) is 13.7. The summed E-state index contributed by atoms with van der Waals surface area (Å²) in [5, 5.41) is 2.84. The van der Waals surface area contributed by atoms with Gasteiger partial charge in [0.15, 0.2) is 0 Å². The third-order valence-electron chi connectivity index (χ3n) is 2.89. The van der Waals surface area contributed by atoms with Crippen LogP contribution in [-0.2, 0) is 6.42 Å². The zero-order valence-electron chi connectivity index (χ0n) is 11.5. The molecule has 0 spiro atoms. The number of rotatable bonds is 4. The predicted octanol–water partition coefficient (Wildman–Crippen LogP) is 3.96. The number of aromatic nitrogens is 1. The van der Waals surface area contributed by atoms with Gasteiger partial charge in [0.1, 0.15) is 5.82 Å². The monoisotopic (exact) mass is 274 g/mol. The molecule has 2 aromatic heterocycles. The smallest absolute Gasteiger partial charge is 0.266 e. The minimum absolute atomic E-state index is 0.0754. The Balaban J connectivity index is 2.14. The van der Waals surface area contributed by atoms with Crippen molar-refractivity contribution in [3.05, 3.63) is 45.3 Å². The first-order chi connectivity index (χ1) is 9.10. The van der Waals surface area contributed by atoms with E-state index in [4.69, 9.17) is 0 Å². The minimum atomic E-state index is -0.0754.